The minimum absolute atomic E-state index is 0.339. The van der Waals surface area contributed by atoms with Gasteiger partial charge in [-0.25, -0.2) is 10.6 Å². The van der Waals surface area contributed by atoms with E-state index in [-0.39, 0.29) is 5.97 Å². The molecule has 0 bridgehead atoms. The molecule has 19 heavy (non-hydrogen) atoms. The van der Waals surface area contributed by atoms with Crippen molar-refractivity contribution < 1.29 is 9.53 Å². The first kappa shape index (κ1) is 13.6. The third-order valence-electron chi connectivity index (χ3n) is 2.76. The van der Waals surface area contributed by atoms with Crippen LogP contribution in [-0.4, -0.2) is 12.6 Å². The molecule has 0 saturated carbocycles. The molecule has 0 amide bonds. The molecule has 0 spiro atoms. The third kappa shape index (κ3) is 2.62. The smallest absolute Gasteiger partial charge is 0.341 e. The normalized spacial score (nSPS) is 10.3. The van der Waals surface area contributed by atoms with Crippen LogP contribution in [0.15, 0.2) is 30.3 Å². The Balaban J connectivity index is 2.59. The fraction of sp³-hybridized carbons (Fsp3) is 0.214. The van der Waals surface area contributed by atoms with Gasteiger partial charge in [0.05, 0.1) is 6.61 Å². The number of aryl methyl sites for hydroxylation is 1. The Morgan fingerprint density at radius 1 is 1.37 bits per heavy atom. The van der Waals surface area contributed by atoms with Gasteiger partial charge in [0, 0.05) is 10.4 Å². The van der Waals surface area contributed by atoms with Crippen LogP contribution in [0.4, 0.5) is 5.00 Å². The van der Waals surface area contributed by atoms with E-state index in [1.807, 2.05) is 37.3 Å². The van der Waals surface area contributed by atoms with Crippen molar-refractivity contribution in [1.82, 2.24) is 0 Å². The quantitative estimate of drug-likeness (QED) is 0.511. The molecular formula is C14H16N2O2S. The molecule has 5 heteroatoms. The highest BCUT2D eigenvalue weighted by Crippen LogP contribution is 2.39. The average Bonchev–Trinajstić information content (AvgIpc) is 2.77. The molecule has 0 radical (unpaired) electrons. The van der Waals surface area contributed by atoms with E-state index >= 15 is 0 Å². The van der Waals surface area contributed by atoms with E-state index in [0.29, 0.717) is 17.2 Å². The summed E-state index contributed by atoms with van der Waals surface area (Å²) < 4.78 is 5.12. The first-order chi connectivity index (χ1) is 9.19. The molecule has 0 atom stereocenters. The number of rotatable bonds is 4. The van der Waals surface area contributed by atoms with Crippen LogP contribution in [0.2, 0.25) is 0 Å². The Morgan fingerprint density at radius 3 is 2.63 bits per heavy atom. The van der Waals surface area contributed by atoms with E-state index in [0.717, 1.165) is 16.0 Å². The maximum atomic E-state index is 12.1. The molecule has 2 aromatic rings. The Labute approximate surface area is 116 Å². The second-order valence-corrected chi connectivity index (χ2v) is 5.19. The Morgan fingerprint density at radius 2 is 2.05 bits per heavy atom. The van der Waals surface area contributed by atoms with Crippen molar-refractivity contribution in [2.24, 2.45) is 5.84 Å². The highest BCUT2D eigenvalue weighted by Gasteiger charge is 2.23. The summed E-state index contributed by atoms with van der Waals surface area (Å²) in [5.41, 5.74) is 4.97. The van der Waals surface area contributed by atoms with Crippen molar-refractivity contribution in [2.75, 3.05) is 12.0 Å². The summed E-state index contributed by atoms with van der Waals surface area (Å²) in [7, 11) is 0. The van der Waals surface area contributed by atoms with E-state index in [2.05, 4.69) is 5.43 Å². The molecule has 0 aliphatic heterocycles. The van der Waals surface area contributed by atoms with Crippen LogP contribution in [0.3, 0.4) is 0 Å². The molecule has 2 rings (SSSR count). The van der Waals surface area contributed by atoms with E-state index < -0.39 is 0 Å². The number of anilines is 1. The first-order valence-corrected chi connectivity index (χ1v) is 6.83. The summed E-state index contributed by atoms with van der Waals surface area (Å²) in [6, 6.07) is 9.77. The molecule has 1 aromatic heterocycles. The highest BCUT2D eigenvalue weighted by atomic mass is 32.1. The van der Waals surface area contributed by atoms with Crippen molar-refractivity contribution in [3.8, 4) is 11.1 Å². The predicted molar refractivity (Wildman–Crippen MR) is 78.3 cm³/mol. The minimum Gasteiger partial charge on any atom is -0.462 e. The second-order valence-electron chi connectivity index (χ2n) is 3.97. The standard InChI is InChI=1S/C14H16N2O2S/c1-3-18-14(17)12-11(9(2)19-13(12)16-15)10-7-5-4-6-8-10/h4-8,16H,3,15H2,1-2H3. The van der Waals surface area contributed by atoms with Gasteiger partial charge >= 0.3 is 5.97 Å². The molecular weight excluding hydrogens is 260 g/mol. The van der Waals surface area contributed by atoms with Crippen LogP contribution < -0.4 is 11.3 Å². The summed E-state index contributed by atoms with van der Waals surface area (Å²) in [5, 5.41) is 0.634. The van der Waals surface area contributed by atoms with Crippen LogP contribution in [0.1, 0.15) is 22.2 Å². The van der Waals surface area contributed by atoms with Gasteiger partial charge in [0.1, 0.15) is 10.6 Å². The topological polar surface area (TPSA) is 64.3 Å². The molecule has 1 aromatic carbocycles. The lowest BCUT2D eigenvalue weighted by Gasteiger charge is -2.07. The summed E-state index contributed by atoms with van der Waals surface area (Å²) in [5.74, 6) is 5.15. The highest BCUT2D eigenvalue weighted by molar-refractivity contribution is 7.17. The van der Waals surface area contributed by atoms with Gasteiger partial charge in [0.25, 0.3) is 0 Å². The number of hydrazine groups is 1. The molecule has 100 valence electrons. The number of carbonyl (C=O) groups is 1. The van der Waals surface area contributed by atoms with Gasteiger partial charge < -0.3 is 10.2 Å². The van der Waals surface area contributed by atoms with Crippen molar-refractivity contribution in [1.29, 1.82) is 0 Å². The summed E-state index contributed by atoms with van der Waals surface area (Å²) in [6.45, 7) is 4.09. The lowest BCUT2D eigenvalue weighted by molar-refractivity contribution is 0.0529. The zero-order valence-corrected chi connectivity index (χ0v) is 11.7. The van der Waals surface area contributed by atoms with E-state index in [1.165, 1.54) is 11.3 Å². The molecule has 3 N–H and O–H groups in total. The number of nitrogens with two attached hydrogens (primary N) is 1. The Kier molecular flexibility index (Phi) is 4.19. The van der Waals surface area contributed by atoms with Gasteiger partial charge in [0.2, 0.25) is 0 Å². The largest absolute Gasteiger partial charge is 0.462 e. The lowest BCUT2D eigenvalue weighted by Crippen LogP contribution is -2.12. The first-order valence-electron chi connectivity index (χ1n) is 6.01. The second kappa shape index (κ2) is 5.86. The number of nitrogen functional groups attached to an aromatic ring is 1. The van der Waals surface area contributed by atoms with Crippen LogP contribution >= 0.6 is 11.3 Å². The van der Waals surface area contributed by atoms with Crippen LogP contribution in [0.5, 0.6) is 0 Å². The number of hydrogen-bond donors (Lipinski definition) is 2. The van der Waals surface area contributed by atoms with Crippen molar-refractivity contribution in [3.63, 3.8) is 0 Å². The summed E-state index contributed by atoms with van der Waals surface area (Å²) in [4.78, 5) is 13.2. The van der Waals surface area contributed by atoms with Crippen molar-refractivity contribution >= 4 is 22.3 Å². The van der Waals surface area contributed by atoms with Gasteiger partial charge in [-0.15, -0.1) is 11.3 Å². The molecule has 0 aliphatic rings. The molecule has 0 unspecified atom stereocenters. The van der Waals surface area contributed by atoms with E-state index in [9.17, 15) is 4.79 Å². The molecule has 0 aliphatic carbocycles. The van der Waals surface area contributed by atoms with Gasteiger partial charge in [0.15, 0.2) is 0 Å². The number of benzene rings is 1. The van der Waals surface area contributed by atoms with Crippen LogP contribution in [0.25, 0.3) is 11.1 Å². The van der Waals surface area contributed by atoms with Crippen molar-refractivity contribution in [3.05, 3.63) is 40.8 Å². The van der Waals surface area contributed by atoms with E-state index in [1.54, 1.807) is 6.92 Å². The third-order valence-corrected chi connectivity index (χ3v) is 3.79. The number of esters is 1. The maximum Gasteiger partial charge on any atom is 0.341 e. The van der Waals surface area contributed by atoms with Gasteiger partial charge in [-0.05, 0) is 19.4 Å². The Hall–Kier alpha value is -1.85. The number of ether oxygens (including phenoxy) is 1. The lowest BCUT2D eigenvalue weighted by atomic mass is 10.0. The fourth-order valence-electron chi connectivity index (χ4n) is 2.00. The number of thiophene rings is 1. The fourth-order valence-corrected chi connectivity index (χ4v) is 2.97. The summed E-state index contributed by atoms with van der Waals surface area (Å²) in [6.07, 6.45) is 0. The van der Waals surface area contributed by atoms with Gasteiger partial charge in [-0.3, -0.25) is 0 Å². The molecule has 4 nitrogen and oxygen atoms in total. The zero-order chi connectivity index (χ0) is 13.8. The number of nitrogens with one attached hydrogen (secondary N) is 1. The number of hydrogen-bond acceptors (Lipinski definition) is 5. The Bertz CT molecular complexity index is 579. The number of carbonyl (C=O) groups excluding carboxylic acids is 1. The van der Waals surface area contributed by atoms with E-state index in [4.69, 9.17) is 10.6 Å². The maximum absolute atomic E-state index is 12.1. The van der Waals surface area contributed by atoms with Crippen LogP contribution in [-0.2, 0) is 4.74 Å². The monoisotopic (exact) mass is 276 g/mol. The zero-order valence-electron chi connectivity index (χ0n) is 10.9. The SMILES string of the molecule is CCOC(=O)c1c(NN)sc(C)c1-c1ccccc1. The van der Waals surface area contributed by atoms with Gasteiger partial charge in [-0.2, -0.15) is 0 Å². The molecule has 0 saturated heterocycles. The van der Waals surface area contributed by atoms with Gasteiger partial charge in [-0.1, -0.05) is 30.3 Å². The molecule has 0 fully saturated rings. The van der Waals surface area contributed by atoms with Crippen LogP contribution in [0, 0.1) is 6.92 Å². The molecule has 1 heterocycles. The minimum atomic E-state index is -0.348. The predicted octanol–water partition coefficient (Wildman–Crippen LogP) is 3.19. The summed E-state index contributed by atoms with van der Waals surface area (Å²) >= 11 is 1.45. The van der Waals surface area contributed by atoms with Crippen molar-refractivity contribution in [2.45, 2.75) is 13.8 Å². The average molecular weight is 276 g/mol.